The lowest BCUT2D eigenvalue weighted by molar-refractivity contribution is 0.574. The van der Waals surface area contributed by atoms with E-state index in [1.54, 1.807) is 79.3 Å². The van der Waals surface area contributed by atoms with Gasteiger partial charge in [-0.05, 0) is 76.8 Å². The molecular formula is C54H55N9O5S2Si. The van der Waals surface area contributed by atoms with E-state index in [1.165, 1.54) is 22.6 Å². The average molecular weight is 1000 g/mol. The van der Waals surface area contributed by atoms with Crippen molar-refractivity contribution < 1.29 is 21.3 Å². The van der Waals surface area contributed by atoms with E-state index in [-0.39, 0.29) is 14.8 Å². The van der Waals surface area contributed by atoms with Crippen LogP contribution in [0, 0.1) is 0 Å². The Bertz CT molecular complexity index is 3730. The SMILES string of the molecule is CN(C)c1ccc(-c2cnc3c(c2)c(-c2cnn(S(=O)(=O)c4ccccc4)c2)cn3[Si](C)(C)C(C)(C)C)cc1.CN(C)c1ccc(-c2cnc3c(c2)c(-c2ncco2)cn3S(=O)(=O)c2ccccc2)cc1. The maximum absolute atomic E-state index is 13.4. The minimum absolute atomic E-state index is 0.0689. The first-order chi connectivity index (χ1) is 33.8. The molecule has 0 aliphatic rings. The van der Waals surface area contributed by atoms with Crippen molar-refractivity contribution in [3.05, 3.63) is 171 Å². The van der Waals surface area contributed by atoms with Crippen molar-refractivity contribution in [2.75, 3.05) is 38.0 Å². The van der Waals surface area contributed by atoms with E-state index in [0.29, 0.717) is 22.5 Å². The highest BCUT2D eigenvalue weighted by molar-refractivity contribution is 7.90. The third-order valence-corrected chi connectivity index (χ3v) is 21.7. The van der Waals surface area contributed by atoms with Gasteiger partial charge in [0, 0.05) is 97.4 Å². The largest absolute Gasteiger partial charge is 0.444 e. The van der Waals surface area contributed by atoms with Gasteiger partial charge in [-0.15, -0.1) is 0 Å². The molecule has 0 unspecified atom stereocenters. The topological polar surface area (TPSA) is 154 Å². The first-order valence-corrected chi connectivity index (χ1v) is 28.7. The Morgan fingerprint density at radius 1 is 0.549 bits per heavy atom. The van der Waals surface area contributed by atoms with Crippen LogP contribution in [-0.4, -0.2) is 85.6 Å². The number of pyridine rings is 2. The van der Waals surface area contributed by atoms with Crippen molar-refractivity contribution in [1.29, 1.82) is 0 Å². The number of nitrogens with zero attached hydrogens (tertiary/aromatic N) is 9. The molecule has 0 aliphatic heterocycles. The van der Waals surface area contributed by atoms with Gasteiger partial charge in [0.25, 0.3) is 20.0 Å². The Balaban J connectivity index is 0.000000179. The maximum atomic E-state index is 13.4. The van der Waals surface area contributed by atoms with Crippen LogP contribution in [0.2, 0.25) is 18.1 Å². The number of hydrogen-bond donors (Lipinski definition) is 0. The summed E-state index contributed by atoms with van der Waals surface area (Å²) in [4.78, 5) is 18.2. The van der Waals surface area contributed by atoms with E-state index in [2.05, 4.69) is 94.6 Å². The van der Waals surface area contributed by atoms with E-state index in [9.17, 15) is 16.8 Å². The number of anilines is 2. The van der Waals surface area contributed by atoms with Crippen molar-refractivity contribution in [1.82, 2.24) is 32.3 Å². The fourth-order valence-corrected chi connectivity index (χ4v) is 12.5. The van der Waals surface area contributed by atoms with E-state index in [4.69, 9.17) is 9.40 Å². The molecule has 0 fully saturated rings. The fourth-order valence-electron chi connectivity index (χ4n) is 8.12. The zero-order valence-electron chi connectivity index (χ0n) is 41.0. The van der Waals surface area contributed by atoms with Crippen LogP contribution < -0.4 is 9.80 Å². The Labute approximate surface area is 415 Å². The Hall–Kier alpha value is -7.60. The molecule has 0 atom stereocenters. The van der Waals surface area contributed by atoms with E-state index < -0.39 is 28.3 Å². The van der Waals surface area contributed by atoms with Gasteiger partial charge in [0.1, 0.15) is 11.9 Å². The highest BCUT2D eigenvalue weighted by Gasteiger charge is 2.39. The standard InChI is InChI=1S/C30H35N5O2SSi.C24H20N4O3S/c1-30(2,3)39(6,7)34-21-28(24-19-32-35(20-24)38(36,37)26-11-9-8-10-12-26)27-17-23(18-31-29(27)34)22-13-15-25(16-14-22)33(4)5;1-27(2)19-10-8-17(9-11-19)18-14-21-22(24-25-12-13-31-24)16-28(23(21)26-15-18)32(29,30)20-6-4-3-5-7-20/h8-21H,1-7H3;3-16H,1-2H3. The summed E-state index contributed by atoms with van der Waals surface area (Å²) in [6.45, 7) is 11.5. The fraction of sp³-hybridized carbons (Fsp3) is 0.185. The minimum Gasteiger partial charge on any atom is -0.444 e. The molecular weight excluding hydrogens is 947 g/mol. The van der Waals surface area contributed by atoms with Crippen LogP contribution in [0.15, 0.2) is 185 Å². The summed E-state index contributed by atoms with van der Waals surface area (Å²) < 4.78 is 63.3. The zero-order valence-corrected chi connectivity index (χ0v) is 43.7. The molecule has 6 heterocycles. The summed E-state index contributed by atoms with van der Waals surface area (Å²) in [6, 6.07) is 37.2. The third-order valence-electron chi connectivity index (χ3n) is 13.2. The molecule has 71 heavy (non-hydrogen) atoms. The Morgan fingerprint density at radius 2 is 1.06 bits per heavy atom. The molecule has 0 spiro atoms. The van der Waals surface area contributed by atoms with Crippen LogP contribution in [0.3, 0.4) is 0 Å². The van der Waals surface area contributed by atoms with Gasteiger partial charge in [0.2, 0.25) is 5.89 Å². The summed E-state index contributed by atoms with van der Waals surface area (Å²) in [5, 5.41) is 5.97. The number of hydrogen-bond acceptors (Lipinski definition) is 11. The molecule has 0 saturated heterocycles. The second-order valence-electron chi connectivity index (χ2n) is 19.2. The van der Waals surface area contributed by atoms with Crippen LogP contribution in [0.4, 0.5) is 11.4 Å². The molecule has 0 bridgehead atoms. The van der Waals surface area contributed by atoms with Gasteiger partial charge in [0.05, 0.1) is 33.9 Å². The number of benzene rings is 4. The molecule has 6 aromatic heterocycles. The predicted octanol–water partition coefficient (Wildman–Crippen LogP) is 11.4. The average Bonchev–Trinajstić information content (AvgIpc) is 4.21. The molecule has 4 aromatic carbocycles. The summed E-state index contributed by atoms with van der Waals surface area (Å²) >= 11 is 0. The smallest absolute Gasteiger partial charge is 0.282 e. The lowest BCUT2D eigenvalue weighted by Crippen LogP contribution is -2.45. The molecule has 0 radical (unpaired) electrons. The normalized spacial score (nSPS) is 12.2. The summed E-state index contributed by atoms with van der Waals surface area (Å²) in [7, 11) is -1.68. The minimum atomic E-state index is -3.85. The highest BCUT2D eigenvalue weighted by atomic mass is 32.2. The van der Waals surface area contributed by atoms with Gasteiger partial charge in [-0.1, -0.05) is 94.5 Å². The molecule has 17 heteroatoms. The van der Waals surface area contributed by atoms with Gasteiger partial charge in [-0.2, -0.15) is 17.6 Å². The number of rotatable bonds is 11. The van der Waals surface area contributed by atoms with E-state index in [0.717, 1.165) is 59.9 Å². The molecule has 14 nitrogen and oxygen atoms in total. The molecule has 10 aromatic rings. The van der Waals surface area contributed by atoms with Crippen LogP contribution in [0.5, 0.6) is 0 Å². The zero-order chi connectivity index (χ0) is 50.5. The Morgan fingerprint density at radius 3 is 1.55 bits per heavy atom. The van der Waals surface area contributed by atoms with Crippen molar-refractivity contribution in [2.24, 2.45) is 0 Å². The second-order valence-corrected chi connectivity index (χ2v) is 27.9. The lowest BCUT2D eigenvalue weighted by atomic mass is 10.0. The molecule has 0 saturated carbocycles. The van der Waals surface area contributed by atoms with Crippen molar-refractivity contribution in [3.8, 4) is 44.8 Å². The monoisotopic (exact) mass is 1000 g/mol. The van der Waals surface area contributed by atoms with Crippen LogP contribution in [0.25, 0.3) is 66.9 Å². The van der Waals surface area contributed by atoms with E-state index in [1.807, 2.05) is 69.6 Å². The highest BCUT2D eigenvalue weighted by Crippen LogP contribution is 2.42. The van der Waals surface area contributed by atoms with Gasteiger partial charge < -0.3 is 18.4 Å². The van der Waals surface area contributed by atoms with Crippen molar-refractivity contribution in [3.63, 3.8) is 0 Å². The summed E-state index contributed by atoms with van der Waals surface area (Å²) in [5.41, 5.74) is 9.57. The Kier molecular flexibility index (Phi) is 12.7. The van der Waals surface area contributed by atoms with Gasteiger partial charge in [-0.3, -0.25) is 0 Å². The third kappa shape index (κ3) is 9.19. The van der Waals surface area contributed by atoms with Crippen LogP contribution >= 0.6 is 0 Å². The second kappa shape index (κ2) is 18.6. The number of aromatic nitrogens is 7. The van der Waals surface area contributed by atoms with Crippen LogP contribution in [-0.2, 0) is 20.0 Å². The first-order valence-electron chi connectivity index (χ1n) is 22.9. The molecule has 0 amide bonds. The predicted molar refractivity (Wildman–Crippen MR) is 286 cm³/mol. The van der Waals surface area contributed by atoms with Gasteiger partial charge >= 0.3 is 0 Å². The van der Waals surface area contributed by atoms with Gasteiger partial charge in [0.15, 0.2) is 13.9 Å². The lowest BCUT2D eigenvalue weighted by Gasteiger charge is -2.38. The number of oxazole rings is 1. The van der Waals surface area contributed by atoms with Crippen LogP contribution in [0.1, 0.15) is 20.8 Å². The first kappa shape index (κ1) is 48.4. The quantitative estimate of drug-likeness (QED) is 0.114. The summed E-state index contributed by atoms with van der Waals surface area (Å²) in [6.07, 6.45) is 13.5. The number of fused-ring (bicyclic) bond motifs is 2. The van der Waals surface area contributed by atoms with Crippen molar-refractivity contribution in [2.45, 2.75) is 48.7 Å². The maximum Gasteiger partial charge on any atom is 0.282 e. The molecule has 362 valence electrons. The molecule has 10 rings (SSSR count). The molecule has 0 aliphatic carbocycles. The molecule has 0 N–H and O–H groups in total. The van der Waals surface area contributed by atoms with Crippen molar-refractivity contribution >= 4 is 61.7 Å². The van der Waals surface area contributed by atoms with Gasteiger partial charge in [-0.25, -0.2) is 27.3 Å². The summed E-state index contributed by atoms with van der Waals surface area (Å²) in [5.74, 6) is 0.332. The van der Waals surface area contributed by atoms with E-state index >= 15 is 0 Å².